The molecular weight excluding hydrogens is 362 g/mol. The summed E-state index contributed by atoms with van der Waals surface area (Å²) in [6.07, 6.45) is 1.41. The van der Waals surface area contributed by atoms with Crippen LogP contribution >= 0.6 is 0 Å². The van der Waals surface area contributed by atoms with E-state index in [0.717, 1.165) is 5.01 Å². The summed E-state index contributed by atoms with van der Waals surface area (Å²) in [5.74, 6) is 1.09. The standard InChI is InChI=1S/C20H19N3O5/c1-20(14-6-4-3-5-7-14)18(24)23(19(25)22-20)21-12-13-10-15(26-2)17-16(11-13)27-8-9-28-17/h3-7,10-12H,8-9H2,1-2H3,(H,22,25)/b21-12-/t20-/m0/s1. The van der Waals surface area contributed by atoms with E-state index in [2.05, 4.69) is 10.4 Å². The maximum Gasteiger partial charge on any atom is 0.346 e. The molecule has 0 saturated carbocycles. The predicted octanol–water partition coefficient (Wildman–Crippen LogP) is 2.27. The summed E-state index contributed by atoms with van der Waals surface area (Å²) >= 11 is 0. The molecule has 28 heavy (non-hydrogen) atoms. The van der Waals surface area contributed by atoms with Gasteiger partial charge in [-0.3, -0.25) is 4.79 Å². The highest BCUT2D eigenvalue weighted by atomic mass is 16.6. The fourth-order valence-electron chi connectivity index (χ4n) is 3.19. The molecule has 144 valence electrons. The molecule has 8 nitrogen and oxygen atoms in total. The zero-order valence-electron chi connectivity index (χ0n) is 15.5. The van der Waals surface area contributed by atoms with Crippen molar-refractivity contribution in [3.05, 3.63) is 53.6 Å². The number of rotatable bonds is 4. The molecule has 8 heteroatoms. The Hall–Kier alpha value is -3.55. The first kappa shape index (κ1) is 17.8. The van der Waals surface area contributed by atoms with Crippen LogP contribution in [0.1, 0.15) is 18.1 Å². The average Bonchev–Trinajstić information content (AvgIpc) is 2.95. The van der Waals surface area contributed by atoms with E-state index in [1.165, 1.54) is 13.3 Å². The monoisotopic (exact) mass is 381 g/mol. The summed E-state index contributed by atoms with van der Waals surface area (Å²) in [5.41, 5.74) is 0.127. The Morgan fingerprint density at radius 1 is 1.18 bits per heavy atom. The van der Waals surface area contributed by atoms with Crippen molar-refractivity contribution >= 4 is 18.2 Å². The maximum absolute atomic E-state index is 12.9. The fourth-order valence-corrected chi connectivity index (χ4v) is 3.19. The highest BCUT2D eigenvalue weighted by molar-refractivity contribution is 6.07. The van der Waals surface area contributed by atoms with Gasteiger partial charge in [0.2, 0.25) is 5.75 Å². The van der Waals surface area contributed by atoms with E-state index in [4.69, 9.17) is 14.2 Å². The number of benzene rings is 2. The number of hydrazone groups is 1. The third-order valence-corrected chi connectivity index (χ3v) is 4.69. The van der Waals surface area contributed by atoms with E-state index < -0.39 is 17.5 Å². The van der Waals surface area contributed by atoms with Gasteiger partial charge >= 0.3 is 6.03 Å². The van der Waals surface area contributed by atoms with Crippen molar-refractivity contribution in [1.82, 2.24) is 10.3 Å². The minimum atomic E-state index is -1.17. The summed E-state index contributed by atoms with van der Waals surface area (Å²) in [6, 6.07) is 11.9. The third kappa shape index (κ3) is 2.92. The number of nitrogens with one attached hydrogen (secondary N) is 1. The first-order valence-corrected chi connectivity index (χ1v) is 8.77. The van der Waals surface area contributed by atoms with Crippen LogP contribution in [0.4, 0.5) is 4.79 Å². The zero-order valence-corrected chi connectivity index (χ0v) is 15.5. The molecule has 3 amide bonds. The van der Waals surface area contributed by atoms with Gasteiger partial charge in [-0.25, -0.2) is 4.79 Å². The zero-order chi connectivity index (χ0) is 19.7. The topological polar surface area (TPSA) is 89.5 Å². The number of carbonyl (C=O) groups excluding carboxylic acids is 2. The van der Waals surface area contributed by atoms with Crippen LogP contribution in [0.5, 0.6) is 17.2 Å². The molecule has 2 aliphatic heterocycles. The Labute approximate surface area is 161 Å². The molecule has 0 bridgehead atoms. The second kappa shape index (κ2) is 6.88. The molecule has 0 unspecified atom stereocenters. The molecule has 2 aromatic carbocycles. The van der Waals surface area contributed by atoms with Gasteiger partial charge in [-0.05, 0) is 24.6 Å². The van der Waals surface area contributed by atoms with Gasteiger partial charge in [-0.1, -0.05) is 30.3 Å². The number of fused-ring (bicyclic) bond motifs is 1. The minimum absolute atomic E-state index is 0.430. The van der Waals surface area contributed by atoms with E-state index >= 15 is 0 Å². The largest absolute Gasteiger partial charge is 0.493 e. The van der Waals surface area contributed by atoms with Crippen molar-refractivity contribution in [1.29, 1.82) is 0 Å². The van der Waals surface area contributed by atoms with Gasteiger partial charge in [-0.2, -0.15) is 5.10 Å². The molecule has 0 spiro atoms. The van der Waals surface area contributed by atoms with Crippen molar-refractivity contribution in [3.63, 3.8) is 0 Å². The lowest BCUT2D eigenvalue weighted by Crippen LogP contribution is -2.40. The van der Waals surface area contributed by atoms with Crippen LogP contribution in [0.15, 0.2) is 47.6 Å². The summed E-state index contributed by atoms with van der Waals surface area (Å²) in [7, 11) is 1.53. The van der Waals surface area contributed by atoms with E-state index in [1.807, 2.05) is 18.2 Å². The molecule has 0 aliphatic carbocycles. The molecule has 4 rings (SSSR count). The lowest BCUT2D eigenvalue weighted by Gasteiger charge is -2.21. The molecule has 2 aliphatic rings. The first-order chi connectivity index (χ1) is 13.5. The van der Waals surface area contributed by atoms with Crippen molar-refractivity contribution in [2.24, 2.45) is 5.10 Å². The smallest absolute Gasteiger partial charge is 0.346 e. The molecule has 0 aromatic heterocycles. The summed E-state index contributed by atoms with van der Waals surface area (Å²) in [4.78, 5) is 25.2. The van der Waals surface area contributed by atoms with Gasteiger partial charge in [0.1, 0.15) is 18.8 Å². The highest BCUT2D eigenvalue weighted by Crippen LogP contribution is 2.40. The van der Waals surface area contributed by atoms with E-state index in [0.29, 0.717) is 41.6 Å². The summed E-state index contributed by atoms with van der Waals surface area (Å²) in [5, 5.41) is 7.63. The third-order valence-electron chi connectivity index (χ3n) is 4.69. The number of carbonyl (C=O) groups is 2. The number of hydrogen-bond acceptors (Lipinski definition) is 6. The van der Waals surface area contributed by atoms with Crippen LogP contribution in [0.25, 0.3) is 0 Å². The number of amides is 3. The van der Waals surface area contributed by atoms with Crippen LogP contribution in [-0.2, 0) is 10.3 Å². The molecule has 1 saturated heterocycles. The van der Waals surface area contributed by atoms with Crippen molar-refractivity contribution in [2.45, 2.75) is 12.5 Å². The van der Waals surface area contributed by atoms with Gasteiger partial charge in [0.25, 0.3) is 5.91 Å². The normalized spacial score (nSPS) is 21.1. The Balaban J connectivity index is 1.62. The Bertz CT molecular complexity index is 943. The van der Waals surface area contributed by atoms with Crippen LogP contribution < -0.4 is 19.5 Å². The van der Waals surface area contributed by atoms with Gasteiger partial charge in [0, 0.05) is 5.56 Å². The molecule has 2 heterocycles. The van der Waals surface area contributed by atoms with Crippen molar-refractivity contribution in [2.75, 3.05) is 20.3 Å². The molecule has 1 N–H and O–H groups in total. The van der Waals surface area contributed by atoms with E-state index in [-0.39, 0.29) is 0 Å². The first-order valence-electron chi connectivity index (χ1n) is 8.77. The van der Waals surface area contributed by atoms with E-state index in [9.17, 15) is 9.59 Å². The van der Waals surface area contributed by atoms with Gasteiger partial charge in [0.15, 0.2) is 11.5 Å². The molecule has 1 fully saturated rings. The number of ether oxygens (including phenoxy) is 3. The van der Waals surface area contributed by atoms with Gasteiger partial charge < -0.3 is 19.5 Å². The quantitative estimate of drug-likeness (QED) is 0.648. The highest BCUT2D eigenvalue weighted by Gasteiger charge is 2.49. The Morgan fingerprint density at radius 2 is 1.93 bits per heavy atom. The van der Waals surface area contributed by atoms with Gasteiger partial charge in [0.05, 0.1) is 13.3 Å². The maximum atomic E-state index is 12.9. The van der Waals surface area contributed by atoms with E-state index in [1.54, 1.807) is 31.2 Å². The average molecular weight is 381 g/mol. The fraction of sp³-hybridized carbons (Fsp3) is 0.250. The van der Waals surface area contributed by atoms with Crippen molar-refractivity contribution < 1.29 is 23.8 Å². The van der Waals surface area contributed by atoms with Crippen LogP contribution in [0.3, 0.4) is 0 Å². The Morgan fingerprint density at radius 3 is 2.68 bits per heavy atom. The molecular formula is C20H19N3O5. The predicted molar refractivity (Wildman–Crippen MR) is 101 cm³/mol. The number of methoxy groups -OCH3 is 1. The number of hydrogen-bond donors (Lipinski definition) is 1. The second-order valence-corrected chi connectivity index (χ2v) is 6.53. The van der Waals surface area contributed by atoms with Crippen molar-refractivity contribution in [3.8, 4) is 17.2 Å². The Kier molecular flexibility index (Phi) is 4.38. The lowest BCUT2D eigenvalue weighted by molar-refractivity contribution is -0.131. The van der Waals surface area contributed by atoms with Gasteiger partial charge in [-0.15, -0.1) is 5.01 Å². The molecule has 0 radical (unpaired) electrons. The number of imide groups is 1. The molecule has 1 atom stereocenters. The SMILES string of the molecule is COc1cc(/C=N\N2C(=O)N[C@@](C)(c3ccccc3)C2=O)cc2c1OCCO2. The number of nitrogens with zero attached hydrogens (tertiary/aromatic N) is 2. The lowest BCUT2D eigenvalue weighted by atomic mass is 9.92. The molecule has 2 aromatic rings. The second-order valence-electron chi connectivity index (χ2n) is 6.53. The van der Waals surface area contributed by atoms with Crippen LogP contribution in [0.2, 0.25) is 0 Å². The summed E-state index contributed by atoms with van der Waals surface area (Å²) < 4.78 is 16.5. The van der Waals surface area contributed by atoms with Crippen LogP contribution in [0, 0.1) is 0 Å². The summed E-state index contributed by atoms with van der Waals surface area (Å²) in [6.45, 7) is 2.53. The van der Waals surface area contributed by atoms with Crippen LogP contribution in [-0.4, -0.2) is 43.5 Å². The minimum Gasteiger partial charge on any atom is -0.493 e. The number of urea groups is 1.